The Morgan fingerprint density at radius 3 is 3.00 bits per heavy atom. The Bertz CT molecular complexity index is 475. The maximum Gasteiger partial charge on any atom is 0.358 e. The first-order chi connectivity index (χ1) is 9.72. The van der Waals surface area contributed by atoms with Gasteiger partial charge >= 0.3 is 5.97 Å². The lowest BCUT2D eigenvalue weighted by Crippen LogP contribution is -2.55. The van der Waals surface area contributed by atoms with Gasteiger partial charge in [-0.3, -0.25) is 14.5 Å². The SMILES string of the molecule is O=C(O)c1cn(CCN2CCN3CCCCC3C2)nn1. The molecule has 0 spiro atoms. The van der Waals surface area contributed by atoms with Gasteiger partial charge in [0.25, 0.3) is 0 Å². The van der Waals surface area contributed by atoms with Crippen LogP contribution in [-0.4, -0.2) is 74.6 Å². The summed E-state index contributed by atoms with van der Waals surface area (Å²) in [5.74, 6) is -1.02. The van der Waals surface area contributed by atoms with E-state index in [1.165, 1.54) is 32.0 Å². The molecule has 0 aromatic carbocycles. The van der Waals surface area contributed by atoms with Crippen LogP contribution in [0.2, 0.25) is 0 Å². The van der Waals surface area contributed by atoms with Crippen LogP contribution >= 0.6 is 0 Å². The quantitative estimate of drug-likeness (QED) is 0.845. The van der Waals surface area contributed by atoms with Crippen molar-refractivity contribution in [1.82, 2.24) is 24.8 Å². The van der Waals surface area contributed by atoms with Crippen molar-refractivity contribution in [1.29, 1.82) is 0 Å². The van der Waals surface area contributed by atoms with Gasteiger partial charge in [-0.05, 0) is 19.4 Å². The van der Waals surface area contributed by atoms with Gasteiger partial charge in [0.05, 0.1) is 12.7 Å². The molecule has 7 heteroatoms. The molecule has 2 aliphatic rings. The standard InChI is InChI=1S/C13H21N5O2/c19-13(20)12-10-18(15-14-12)8-6-16-5-7-17-4-2-1-3-11(17)9-16/h10-11H,1-9H2,(H,19,20). The van der Waals surface area contributed by atoms with Crippen molar-refractivity contribution in [3.8, 4) is 0 Å². The number of carbonyl (C=O) groups is 1. The first-order valence-corrected chi connectivity index (χ1v) is 7.32. The van der Waals surface area contributed by atoms with E-state index < -0.39 is 5.97 Å². The molecule has 1 N–H and O–H groups in total. The third kappa shape index (κ3) is 2.99. The highest BCUT2D eigenvalue weighted by Crippen LogP contribution is 2.20. The molecule has 1 atom stereocenters. The summed E-state index contributed by atoms with van der Waals surface area (Å²) >= 11 is 0. The molecule has 1 aromatic rings. The van der Waals surface area contributed by atoms with Crippen LogP contribution in [0.1, 0.15) is 29.8 Å². The first kappa shape index (κ1) is 13.5. The number of piperazine rings is 1. The number of nitrogens with zero attached hydrogens (tertiary/aromatic N) is 5. The van der Waals surface area contributed by atoms with E-state index in [9.17, 15) is 4.79 Å². The number of hydrogen-bond acceptors (Lipinski definition) is 5. The normalized spacial score (nSPS) is 24.5. The van der Waals surface area contributed by atoms with Crippen molar-refractivity contribution in [2.75, 3.05) is 32.7 Å². The molecule has 20 heavy (non-hydrogen) atoms. The Morgan fingerprint density at radius 1 is 1.30 bits per heavy atom. The van der Waals surface area contributed by atoms with Crippen LogP contribution < -0.4 is 0 Å². The van der Waals surface area contributed by atoms with Gasteiger partial charge in [-0.15, -0.1) is 5.10 Å². The van der Waals surface area contributed by atoms with Crippen molar-refractivity contribution < 1.29 is 9.90 Å². The lowest BCUT2D eigenvalue weighted by molar-refractivity contribution is 0.0473. The highest BCUT2D eigenvalue weighted by molar-refractivity contribution is 5.84. The number of rotatable bonds is 4. The minimum Gasteiger partial charge on any atom is -0.476 e. The predicted octanol–water partition coefficient (Wildman–Crippen LogP) is 0.146. The highest BCUT2D eigenvalue weighted by Gasteiger charge is 2.28. The molecule has 2 aliphatic heterocycles. The first-order valence-electron chi connectivity index (χ1n) is 7.32. The summed E-state index contributed by atoms with van der Waals surface area (Å²) in [6.07, 6.45) is 5.50. The summed E-state index contributed by atoms with van der Waals surface area (Å²) in [4.78, 5) is 15.8. The van der Waals surface area contributed by atoms with Crippen LogP contribution in [0.15, 0.2) is 6.20 Å². The van der Waals surface area contributed by atoms with Gasteiger partial charge in [-0.1, -0.05) is 11.6 Å². The fourth-order valence-corrected chi connectivity index (χ4v) is 3.17. The zero-order valence-electron chi connectivity index (χ0n) is 11.6. The van der Waals surface area contributed by atoms with Gasteiger partial charge < -0.3 is 5.11 Å². The lowest BCUT2D eigenvalue weighted by atomic mass is 9.99. The Kier molecular flexibility index (Phi) is 3.98. The molecule has 2 fully saturated rings. The third-order valence-corrected chi connectivity index (χ3v) is 4.32. The van der Waals surface area contributed by atoms with Crippen molar-refractivity contribution in [3.63, 3.8) is 0 Å². The number of fused-ring (bicyclic) bond motifs is 1. The van der Waals surface area contributed by atoms with Crippen LogP contribution in [0, 0.1) is 0 Å². The Hall–Kier alpha value is -1.47. The van der Waals surface area contributed by atoms with Crippen LogP contribution in [0.25, 0.3) is 0 Å². The maximum atomic E-state index is 10.7. The van der Waals surface area contributed by atoms with Gasteiger partial charge in [0.1, 0.15) is 0 Å². The molecule has 110 valence electrons. The molecule has 3 rings (SSSR count). The smallest absolute Gasteiger partial charge is 0.358 e. The van der Waals surface area contributed by atoms with Crippen molar-refractivity contribution in [2.24, 2.45) is 0 Å². The van der Waals surface area contributed by atoms with Crippen LogP contribution in [-0.2, 0) is 6.54 Å². The molecule has 3 heterocycles. The predicted molar refractivity (Wildman–Crippen MR) is 72.6 cm³/mol. The van der Waals surface area contributed by atoms with E-state index in [0.29, 0.717) is 12.6 Å². The molecule has 0 saturated carbocycles. The van der Waals surface area contributed by atoms with Gasteiger partial charge in [-0.2, -0.15) is 0 Å². The number of aromatic nitrogens is 3. The van der Waals surface area contributed by atoms with E-state index >= 15 is 0 Å². The highest BCUT2D eigenvalue weighted by atomic mass is 16.4. The summed E-state index contributed by atoms with van der Waals surface area (Å²) in [5.41, 5.74) is 0.0158. The van der Waals surface area contributed by atoms with E-state index in [-0.39, 0.29) is 5.69 Å². The Labute approximate surface area is 118 Å². The van der Waals surface area contributed by atoms with E-state index in [0.717, 1.165) is 26.2 Å². The van der Waals surface area contributed by atoms with E-state index in [4.69, 9.17) is 5.11 Å². The topological polar surface area (TPSA) is 74.5 Å². The van der Waals surface area contributed by atoms with Crippen LogP contribution in [0.5, 0.6) is 0 Å². The minimum absolute atomic E-state index is 0.0158. The molecule has 0 radical (unpaired) electrons. The average molecular weight is 279 g/mol. The number of piperidine rings is 1. The van der Waals surface area contributed by atoms with E-state index in [1.54, 1.807) is 4.68 Å². The molecule has 1 aromatic heterocycles. The van der Waals surface area contributed by atoms with E-state index in [2.05, 4.69) is 20.1 Å². The van der Waals surface area contributed by atoms with Crippen molar-refractivity contribution in [2.45, 2.75) is 31.8 Å². The second-order valence-electron chi connectivity index (χ2n) is 5.66. The number of aromatic carboxylic acids is 1. The monoisotopic (exact) mass is 279 g/mol. The zero-order valence-corrected chi connectivity index (χ0v) is 11.6. The number of carboxylic acid groups (broad SMARTS) is 1. The molecule has 0 amide bonds. The molecular weight excluding hydrogens is 258 g/mol. The molecule has 0 aliphatic carbocycles. The second-order valence-corrected chi connectivity index (χ2v) is 5.66. The van der Waals surface area contributed by atoms with Gasteiger partial charge in [0.2, 0.25) is 0 Å². The fraction of sp³-hybridized carbons (Fsp3) is 0.769. The summed E-state index contributed by atoms with van der Waals surface area (Å²) < 4.78 is 1.62. The molecule has 0 bridgehead atoms. The second kappa shape index (κ2) is 5.88. The largest absolute Gasteiger partial charge is 0.476 e. The zero-order chi connectivity index (χ0) is 13.9. The number of hydrogen-bond donors (Lipinski definition) is 1. The third-order valence-electron chi connectivity index (χ3n) is 4.32. The van der Waals surface area contributed by atoms with Crippen molar-refractivity contribution in [3.05, 3.63) is 11.9 Å². The van der Waals surface area contributed by atoms with Gasteiger partial charge in [0.15, 0.2) is 5.69 Å². The van der Waals surface area contributed by atoms with Gasteiger partial charge in [0, 0.05) is 32.2 Å². The molecule has 1 unspecified atom stereocenters. The molecular formula is C13H21N5O2. The lowest BCUT2D eigenvalue weighted by Gasteiger charge is -2.44. The minimum atomic E-state index is -1.02. The Balaban J connectivity index is 1.49. The fourth-order valence-electron chi connectivity index (χ4n) is 3.17. The van der Waals surface area contributed by atoms with Gasteiger partial charge in [-0.25, -0.2) is 4.79 Å². The maximum absolute atomic E-state index is 10.7. The van der Waals surface area contributed by atoms with Crippen LogP contribution in [0.4, 0.5) is 0 Å². The molecule has 2 saturated heterocycles. The number of carboxylic acids is 1. The Morgan fingerprint density at radius 2 is 2.20 bits per heavy atom. The summed E-state index contributed by atoms with van der Waals surface area (Å²) in [5, 5.41) is 16.3. The van der Waals surface area contributed by atoms with Crippen LogP contribution in [0.3, 0.4) is 0 Å². The average Bonchev–Trinajstić information content (AvgIpc) is 2.94. The molecule has 7 nitrogen and oxygen atoms in total. The summed E-state index contributed by atoms with van der Waals surface area (Å²) in [6.45, 7) is 6.24. The summed E-state index contributed by atoms with van der Waals surface area (Å²) in [7, 11) is 0. The summed E-state index contributed by atoms with van der Waals surface area (Å²) in [6, 6.07) is 0.711. The van der Waals surface area contributed by atoms with E-state index in [1.807, 2.05) is 0 Å². The van der Waals surface area contributed by atoms with Crippen molar-refractivity contribution >= 4 is 5.97 Å².